The van der Waals surface area contributed by atoms with E-state index in [-0.39, 0.29) is 30.0 Å². The molecule has 0 bridgehead atoms. The van der Waals surface area contributed by atoms with Crippen LogP contribution in [0.1, 0.15) is 25.6 Å². The van der Waals surface area contributed by atoms with E-state index >= 15 is 0 Å². The number of aryl methyl sites for hydroxylation is 1. The topological polar surface area (TPSA) is 126 Å². The third-order valence-corrected chi connectivity index (χ3v) is 5.71. The largest absolute Gasteiger partial charge is 0.465 e. The Kier molecular flexibility index (Phi) is 7.33. The molecule has 0 atom stereocenters. The Balaban J connectivity index is 1.76. The molecule has 0 aliphatic heterocycles. The number of amides is 1. The minimum atomic E-state index is -0.554. The third-order valence-electron chi connectivity index (χ3n) is 4.53. The van der Waals surface area contributed by atoms with Crippen molar-refractivity contribution in [3.05, 3.63) is 57.0 Å². The summed E-state index contributed by atoms with van der Waals surface area (Å²) in [6, 6.07) is 6.14. The van der Waals surface area contributed by atoms with Gasteiger partial charge >= 0.3 is 11.9 Å². The monoisotopic (exact) mass is 459 g/mol. The molecule has 0 aliphatic rings. The highest BCUT2D eigenvalue weighted by Gasteiger charge is 2.21. The van der Waals surface area contributed by atoms with Gasteiger partial charge in [0.2, 0.25) is 5.91 Å². The van der Waals surface area contributed by atoms with Crippen LogP contribution in [-0.4, -0.2) is 54.8 Å². The first kappa shape index (κ1) is 23.1. The second-order valence-electron chi connectivity index (χ2n) is 6.66. The molecule has 168 valence electrons. The number of hydrogen-bond acceptors (Lipinski definition) is 9. The lowest BCUT2D eigenvalue weighted by Gasteiger charge is -2.08. The highest BCUT2D eigenvalue weighted by molar-refractivity contribution is 7.20. The molecule has 1 amide bonds. The maximum atomic E-state index is 12.9. The van der Waals surface area contributed by atoms with Crippen LogP contribution >= 0.6 is 11.3 Å². The van der Waals surface area contributed by atoms with Gasteiger partial charge in [0.1, 0.15) is 22.9 Å². The normalized spacial score (nSPS) is 10.7. The van der Waals surface area contributed by atoms with Crippen LogP contribution in [0.3, 0.4) is 0 Å². The van der Waals surface area contributed by atoms with Gasteiger partial charge in [0.15, 0.2) is 0 Å². The second kappa shape index (κ2) is 10.2. The van der Waals surface area contributed by atoms with Crippen LogP contribution in [0.15, 0.2) is 35.4 Å². The van der Waals surface area contributed by atoms with Gasteiger partial charge in [0, 0.05) is 12.8 Å². The van der Waals surface area contributed by atoms with Gasteiger partial charge in [-0.1, -0.05) is 0 Å². The lowest BCUT2D eigenvalue weighted by molar-refractivity contribution is -0.116. The SMILES string of the molecule is COCCOC(=O)c1sc2ncn(CC(=O)Nc3ccc(C(=O)OC)cc3)c(=O)c2c1C. The van der Waals surface area contributed by atoms with Gasteiger partial charge in [0.25, 0.3) is 5.56 Å². The van der Waals surface area contributed by atoms with Crippen molar-refractivity contribution in [1.29, 1.82) is 0 Å². The van der Waals surface area contributed by atoms with Crippen molar-refractivity contribution >= 4 is 45.1 Å². The molecule has 2 aromatic heterocycles. The summed E-state index contributed by atoms with van der Waals surface area (Å²) < 4.78 is 15.8. The average molecular weight is 459 g/mol. The molecule has 2 heterocycles. The van der Waals surface area contributed by atoms with Gasteiger partial charge < -0.3 is 19.5 Å². The zero-order chi connectivity index (χ0) is 23.3. The molecule has 10 nitrogen and oxygen atoms in total. The lowest BCUT2D eigenvalue weighted by Crippen LogP contribution is -2.28. The van der Waals surface area contributed by atoms with E-state index in [0.717, 1.165) is 11.3 Å². The fourth-order valence-corrected chi connectivity index (χ4v) is 3.95. The number of rotatable bonds is 8. The Morgan fingerprint density at radius 1 is 1.09 bits per heavy atom. The number of methoxy groups -OCH3 is 2. The number of hydrogen-bond donors (Lipinski definition) is 1. The van der Waals surface area contributed by atoms with E-state index < -0.39 is 23.4 Å². The highest BCUT2D eigenvalue weighted by atomic mass is 32.1. The Hall–Kier alpha value is -3.57. The van der Waals surface area contributed by atoms with E-state index in [1.165, 1.54) is 37.2 Å². The quantitative estimate of drug-likeness (QED) is 0.400. The van der Waals surface area contributed by atoms with Crippen LogP contribution in [0.2, 0.25) is 0 Å². The van der Waals surface area contributed by atoms with Crippen LogP contribution in [0.4, 0.5) is 5.69 Å². The van der Waals surface area contributed by atoms with Crippen molar-refractivity contribution in [1.82, 2.24) is 9.55 Å². The first-order valence-corrected chi connectivity index (χ1v) is 10.3. The third kappa shape index (κ3) is 5.01. The van der Waals surface area contributed by atoms with Gasteiger partial charge in [-0.2, -0.15) is 0 Å². The molecular weight excluding hydrogens is 438 g/mol. The van der Waals surface area contributed by atoms with Crippen molar-refractivity contribution in [2.24, 2.45) is 0 Å². The maximum Gasteiger partial charge on any atom is 0.348 e. The first-order valence-electron chi connectivity index (χ1n) is 9.48. The predicted octanol–water partition coefficient (Wildman–Crippen LogP) is 1.99. The van der Waals surface area contributed by atoms with E-state index in [0.29, 0.717) is 21.6 Å². The molecule has 0 saturated heterocycles. The van der Waals surface area contributed by atoms with Crippen LogP contribution in [0.25, 0.3) is 10.2 Å². The highest BCUT2D eigenvalue weighted by Crippen LogP contribution is 2.27. The number of carbonyl (C=O) groups is 3. The summed E-state index contributed by atoms with van der Waals surface area (Å²) in [5, 5.41) is 2.92. The van der Waals surface area contributed by atoms with Gasteiger partial charge in [-0.15, -0.1) is 11.3 Å². The number of fused-ring (bicyclic) bond motifs is 1. The van der Waals surface area contributed by atoms with Crippen molar-refractivity contribution in [3.63, 3.8) is 0 Å². The Bertz CT molecular complexity index is 1210. The van der Waals surface area contributed by atoms with E-state index in [1.54, 1.807) is 19.1 Å². The number of thiophene rings is 1. The van der Waals surface area contributed by atoms with Gasteiger partial charge in [0.05, 0.1) is 31.0 Å². The van der Waals surface area contributed by atoms with Crippen LogP contribution < -0.4 is 10.9 Å². The molecule has 0 radical (unpaired) electrons. The number of anilines is 1. The minimum Gasteiger partial charge on any atom is -0.465 e. The minimum absolute atomic E-state index is 0.0987. The summed E-state index contributed by atoms with van der Waals surface area (Å²) in [4.78, 5) is 54.0. The molecule has 0 fully saturated rings. The van der Waals surface area contributed by atoms with Crippen molar-refractivity contribution in [2.75, 3.05) is 32.8 Å². The molecule has 0 saturated carbocycles. The molecular formula is C21H21N3O7S. The van der Waals surface area contributed by atoms with Gasteiger partial charge in [-0.05, 0) is 36.8 Å². The number of nitrogens with one attached hydrogen (secondary N) is 1. The Morgan fingerprint density at radius 2 is 1.81 bits per heavy atom. The molecule has 3 rings (SSSR count). The second-order valence-corrected chi connectivity index (χ2v) is 7.66. The number of carbonyl (C=O) groups excluding carboxylic acids is 3. The van der Waals surface area contributed by atoms with Crippen molar-refractivity contribution in [2.45, 2.75) is 13.5 Å². The standard InChI is InChI=1S/C21H21N3O7S/c1-12-16-18(32-17(12)21(28)31-9-8-29-2)22-11-24(19(16)26)10-15(25)23-14-6-4-13(5-7-14)20(27)30-3/h4-7,11H,8-10H2,1-3H3,(H,23,25). The fraction of sp³-hybridized carbons (Fsp3) is 0.286. The van der Waals surface area contributed by atoms with E-state index in [4.69, 9.17) is 9.47 Å². The predicted molar refractivity (Wildman–Crippen MR) is 117 cm³/mol. The van der Waals surface area contributed by atoms with Gasteiger partial charge in [-0.25, -0.2) is 14.6 Å². The fourth-order valence-electron chi connectivity index (χ4n) is 2.91. The zero-order valence-electron chi connectivity index (χ0n) is 17.7. The van der Waals surface area contributed by atoms with E-state index in [9.17, 15) is 19.2 Å². The van der Waals surface area contributed by atoms with Crippen LogP contribution in [-0.2, 0) is 25.5 Å². The number of ether oxygens (including phenoxy) is 3. The molecule has 3 aromatic rings. The first-order chi connectivity index (χ1) is 15.3. The smallest absolute Gasteiger partial charge is 0.348 e. The summed E-state index contributed by atoms with van der Waals surface area (Å²) in [5.74, 6) is -1.49. The molecule has 1 N–H and O–H groups in total. The molecule has 1 aromatic carbocycles. The van der Waals surface area contributed by atoms with Crippen LogP contribution in [0, 0.1) is 6.92 Å². The molecule has 32 heavy (non-hydrogen) atoms. The molecule has 11 heteroatoms. The number of benzene rings is 1. The van der Waals surface area contributed by atoms with E-state index in [1.807, 2.05) is 0 Å². The summed E-state index contributed by atoms with van der Waals surface area (Å²) in [6.07, 6.45) is 1.26. The van der Waals surface area contributed by atoms with Crippen LogP contribution in [0.5, 0.6) is 0 Å². The molecule has 0 spiro atoms. The number of aromatic nitrogens is 2. The number of esters is 2. The Labute approximate surface area is 186 Å². The van der Waals surface area contributed by atoms with Gasteiger partial charge in [-0.3, -0.25) is 14.2 Å². The maximum absolute atomic E-state index is 12.9. The molecule has 0 aliphatic carbocycles. The average Bonchev–Trinajstić information content (AvgIpc) is 3.13. The van der Waals surface area contributed by atoms with Crippen molar-refractivity contribution in [3.8, 4) is 0 Å². The van der Waals surface area contributed by atoms with Crippen molar-refractivity contribution < 1.29 is 28.6 Å². The van der Waals surface area contributed by atoms with E-state index in [2.05, 4.69) is 15.0 Å². The number of nitrogens with zero attached hydrogens (tertiary/aromatic N) is 2. The lowest BCUT2D eigenvalue weighted by atomic mass is 10.2. The Morgan fingerprint density at radius 3 is 2.47 bits per heavy atom. The zero-order valence-corrected chi connectivity index (χ0v) is 18.5. The summed E-state index contributed by atoms with van der Waals surface area (Å²) in [5.41, 5.74) is 0.826. The summed E-state index contributed by atoms with van der Waals surface area (Å²) in [6.45, 7) is 1.73. The molecule has 0 unspecified atom stereocenters. The summed E-state index contributed by atoms with van der Waals surface area (Å²) >= 11 is 1.06. The summed E-state index contributed by atoms with van der Waals surface area (Å²) in [7, 11) is 2.78.